The topological polar surface area (TPSA) is 52.5 Å². The van der Waals surface area contributed by atoms with E-state index in [4.69, 9.17) is 0 Å². The van der Waals surface area contributed by atoms with Gasteiger partial charge in [0, 0.05) is 10.8 Å². The molecule has 0 amide bonds. The van der Waals surface area contributed by atoms with E-state index in [1.807, 2.05) is 60.7 Å². The lowest BCUT2D eigenvalue weighted by molar-refractivity contribution is 0.617. The number of halogens is 1. The highest BCUT2D eigenvalue weighted by Gasteiger charge is 2.17. The Hall–Kier alpha value is -3.63. The Kier molecular flexibility index (Phi) is 3.05. The predicted octanol–water partition coefficient (Wildman–Crippen LogP) is 4.67. The van der Waals surface area contributed by atoms with Crippen molar-refractivity contribution in [1.29, 1.82) is 10.5 Å². The van der Waals surface area contributed by atoms with E-state index < -0.39 is 5.82 Å². The molecular weight excluding hydrogens is 301 g/mol. The third-order valence-electron chi connectivity index (χ3n) is 4.12. The van der Waals surface area contributed by atoms with E-state index in [0.717, 1.165) is 21.8 Å². The first-order chi connectivity index (χ1) is 11.7. The highest BCUT2D eigenvalue weighted by molar-refractivity contribution is 6.09. The first kappa shape index (κ1) is 14.0. The zero-order chi connectivity index (χ0) is 16.7. The fourth-order valence-corrected chi connectivity index (χ4v) is 3.10. The van der Waals surface area contributed by atoms with E-state index in [-0.39, 0.29) is 16.8 Å². The minimum Gasteiger partial charge on any atom is -0.306 e. The van der Waals surface area contributed by atoms with E-state index in [1.165, 1.54) is 12.1 Å². The van der Waals surface area contributed by atoms with Crippen molar-refractivity contribution in [1.82, 2.24) is 4.57 Å². The van der Waals surface area contributed by atoms with Crippen LogP contribution in [-0.2, 0) is 0 Å². The molecule has 1 heterocycles. The van der Waals surface area contributed by atoms with Gasteiger partial charge >= 0.3 is 0 Å². The van der Waals surface area contributed by atoms with Gasteiger partial charge in [0.1, 0.15) is 6.07 Å². The summed E-state index contributed by atoms with van der Waals surface area (Å²) >= 11 is 0. The number of fused-ring (bicyclic) bond motifs is 3. The van der Waals surface area contributed by atoms with Crippen molar-refractivity contribution in [2.24, 2.45) is 0 Å². The van der Waals surface area contributed by atoms with Gasteiger partial charge in [-0.25, -0.2) is 4.39 Å². The molecule has 3 aromatic carbocycles. The molecule has 0 spiro atoms. The number of rotatable bonds is 1. The number of para-hydroxylation sites is 2. The Morgan fingerprint density at radius 2 is 1.38 bits per heavy atom. The number of nitrogens with zero attached hydrogens (tertiary/aromatic N) is 3. The molecule has 0 N–H and O–H groups in total. The molecule has 112 valence electrons. The largest absolute Gasteiger partial charge is 0.306 e. The van der Waals surface area contributed by atoms with Crippen LogP contribution in [0.5, 0.6) is 0 Å². The third-order valence-corrected chi connectivity index (χ3v) is 4.12. The summed E-state index contributed by atoms with van der Waals surface area (Å²) < 4.78 is 16.6. The number of hydrogen-bond donors (Lipinski definition) is 0. The van der Waals surface area contributed by atoms with Gasteiger partial charge in [-0.2, -0.15) is 10.5 Å². The smallest absolute Gasteiger partial charge is 0.165 e. The molecule has 0 saturated heterocycles. The van der Waals surface area contributed by atoms with E-state index >= 15 is 0 Å². The van der Waals surface area contributed by atoms with Crippen LogP contribution in [0, 0.1) is 28.5 Å². The Balaban J connectivity index is 2.22. The van der Waals surface area contributed by atoms with Crippen LogP contribution in [-0.4, -0.2) is 4.57 Å². The lowest BCUT2D eigenvalue weighted by atomic mass is 10.1. The summed E-state index contributed by atoms with van der Waals surface area (Å²) in [5.74, 6) is -0.622. The summed E-state index contributed by atoms with van der Waals surface area (Å²) in [6.45, 7) is 0. The van der Waals surface area contributed by atoms with Gasteiger partial charge in [-0.05, 0) is 24.3 Å². The molecule has 0 aliphatic rings. The van der Waals surface area contributed by atoms with Crippen LogP contribution in [0.4, 0.5) is 4.39 Å². The second-order valence-electron chi connectivity index (χ2n) is 5.45. The highest BCUT2D eigenvalue weighted by Crippen LogP contribution is 2.33. The Labute approximate surface area is 137 Å². The van der Waals surface area contributed by atoms with Crippen molar-refractivity contribution in [2.75, 3.05) is 0 Å². The second-order valence-corrected chi connectivity index (χ2v) is 5.45. The lowest BCUT2D eigenvalue weighted by Gasteiger charge is -2.10. The molecule has 4 rings (SSSR count). The lowest BCUT2D eigenvalue weighted by Crippen LogP contribution is -2.01. The van der Waals surface area contributed by atoms with Crippen LogP contribution < -0.4 is 0 Å². The first-order valence-corrected chi connectivity index (χ1v) is 7.37. The molecule has 0 atom stereocenters. The van der Waals surface area contributed by atoms with Gasteiger partial charge in [0.15, 0.2) is 5.82 Å². The summed E-state index contributed by atoms with van der Waals surface area (Å²) in [4.78, 5) is 0. The zero-order valence-corrected chi connectivity index (χ0v) is 12.5. The molecule has 0 unspecified atom stereocenters. The van der Waals surface area contributed by atoms with Gasteiger partial charge < -0.3 is 4.57 Å². The zero-order valence-electron chi connectivity index (χ0n) is 12.5. The summed E-state index contributed by atoms with van der Waals surface area (Å²) in [6.07, 6.45) is 0. The molecule has 0 radical (unpaired) electrons. The van der Waals surface area contributed by atoms with Gasteiger partial charge in [0.25, 0.3) is 0 Å². The number of hydrogen-bond acceptors (Lipinski definition) is 2. The molecule has 4 heteroatoms. The first-order valence-electron chi connectivity index (χ1n) is 7.37. The van der Waals surface area contributed by atoms with Crippen molar-refractivity contribution >= 4 is 21.8 Å². The van der Waals surface area contributed by atoms with Crippen molar-refractivity contribution in [2.45, 2.75) is 0 Å². The maximum absolute atomic E-state index is 14.9. The van der Waals surface area contributed by atoms with Crippen LogP contribution in [0.15, 0.2) is 60.7 Å². The van der Waals surface area contributed by atoms with Crippen molar-refractivity contribution in [3.05, 3.63) is 77.6 Å². The molecule has 0 saturated carbocycles. The summed E-state index contributed by atoms with van der Waals surface area (Å²) in [7, 11) is 0. The van der Waals surface area contributed by atoms with E-state index in [0.29, 0.717) is 0 Å². The quantitative estimate of drug-likeness (QED) is 0.513. The SMILES string of the molecule is N#Cc1cc(C#N)c(F)c(-n2c3ccccc3c3ccccc32)c1. The van der Waals surface area contributed by atoms with Crippen LogP contribution in [0.3, 0.4) is 0 Å². The van der Waals surface area contributed by atoms with Gasteiger partial charge in [-0.1, -0.05) is 36.4 Å². The molecule has 0 aliphatic carbocycles. The van der Waals surface area contributed by atoms with Gasteiger partial charge in [-0.15, -0.1) is 0 Å². The van der Waals surface area contributed by atoms with E-state index in [9.17, 15) is 14.9 Å². The third kappa shape index (κ3) is 1.87. The molecule has 24 heavy (non-hydrogen) atoms. The minimum atomic E-state index is -0.622. The Bertz CT molecular complexity index is 1140. The molecule has 0 fully saturated rings. The van der Waals surface area contributed by atoms with E-state index in [1.54, 1.807) is 4.57 Å². The van der Waals surface area contributed by atoms with Crippen molar-refractivity contribution in [3.8, 4) is 17.8 Å². The Morgan fingerprint density at radius 1 is 0.792 bits per heavy atom. The predicted molar refractivity (Wildman–Crippen MR) is 90.2 cm³/mol. The minimum absolute atomic E-state index is 0.133. The number of nitriles is 2. The molecular formula is C20H10FN3. The molecule has 4 aromatic rings. The molecule has 1 aromatic heterocycles. The molecule has 0 bridgehead atoms. The second kappa shape index (κ2) is 5.22. The van der Waals surface area contributed by atoms with Crippen molar-refractivity contribution < 1.29 is 4.39 Å². The van der Waals surface area contributed by atoms with Gasteiger partial charge in [0.2, 0.25) is 0 Å². The number of aromatic nitrogens is 1. The average molecular weight is 311 g/mol. The summed E-state index contributed by atoms with van der Waals surface area (Å²) in [5, 5.41) is 20.4. The maximum atomic E-state index is 14.9. The normalized spacial score (nSPS) is 10.6. The van der Waals surface area contributed by atoms with Crippen LogP contribution in [0.1, 0.15) is 11.1 Å². The highest BCUT2D eigenvalue weighted by atomic mass is 19.1. The monoisotopic (exact) mass is 311 g/mol. The number of benzene rings is 3. The van der Waals surface area contributed by atoms with E-state index in [2.05, 4.69) is 0 Å². The summed E-state index contributed by atoms with van der Waals surface area (Å²) in [6, 6.07) is 22.0. The molecule has 0 aliphatic heterocycles. The Morgan fingerprint density at radius 3 is 1.92 bits per heavy atom. The van der Waals surface area contributed by atoms with Crippen LogP contribution in [0.25, 0.3) is 27.5 Å². The molecule has 3 nitrogen and oxygen atoms in total. The van der Waals surface area contributed by atoms with Crippen LogP contribution in [0.2, 0.25) is 0 Å². The van der Waals surface area contributed by atoms with Crippen LogP contribution >= 0.6 is 0 Å². The fourth-order valence-electron chi connectivity index (χ4n) is 3.10. The fraction of sp³-hybridized carbons (Fsp3) is 0. The van der Waals surface area contributed by atoms with Gasteiger partial charge in [-0.3, -0.25) is 0 Å². The average Bonchev–Trinajstić information content (AvgIpc) is 2.96. The standard InChI is InChI=1S/C20H10FN3/c21-20-14(12-23)9-13(11-22)10-19(20)24-17-7-3-1-5-15(17)16-6-2-4-8-18(16)24/h1-10H. The van der Waals surface area contributed by atoms with Gasteiger partial charge in [0.05, 0.1) is 33.9 Å². The van der Waals surface area contributed by atoms with Crippen molar-refractivity contribution in [3.63, 3.8) is 0 Å². The summed E-state index contributed by atoms with van der Waals surface area (Å²) in [5.41, 5.74) is 1.99. The maximum Gasteiger partial charge on any atom is 0.165 e.